The van der Waals surface area contributed by atoms with Gasteiger partial charge in [0.05, 0.1) is 5.69 Å². The van der Waals surface area contributed by atoms with E-state index >= 15 is 0 Å². The van der Waals surface area contributed by atoms with E-state index in [1.165, 1.54) is 64.3 Å². The van der Waals surface area contributed by atoms with Crippen molar-refractivity contribution in [1.29, 1.82) is 0 Å². The number of furan rings is 1. The van der Waals surface area contributed by atoms with Gasteiger partial charge in [-0.25, -0.2) is 0 Å². The second-order valence-electron chi connectivity index (χ2n) is 14.1. The van der Waals surface area contributed by atoms with Crippen LogP contribution in [0, 0.1) is 0 Å². The van der Waals surface area contributed by atoms with E-state index in [-0.39, 0.29) is 0 Å². The van der Waals surface area contributed by atoms with E-state index < -0.39 is 0 Å². The van der Waals surface area contributed by atoms with Crippen molar-refractivity contribution in [3.63, 3.8) is 0 Å². The Morgan fingerprint density at radius 2 is 0.982 bits per heavy atom. The molecular formula is C52H33NOS. The number of thiophene rings is 1. The first-order valence-electron chi connectivity index (χ1n) is 18.7. The molecule has 3 heteroatoms. The molecule has 0 amide bonds. The SMILES string of the molecule is c1cc(-c2ccc(N(c3ccc(-c4cccc5sc6ccccc6c45)cc3)c3cccc4c3oc3ccccc34)cc2)cc(-c2ccc3ccccc3c2)c1. The molecule has 2 heterocycles. The summed E-state index contributed by atoms with van der Waals surface area (Å²) < 4.78 is 9.24. The summed E-state index contributed by atoms with van der Waals surface area (Å²) in [7, 11) is 0. The number of benzene rings is 9. The van der Waals surface area contributed by atoms with Gasteiger partial charge in [-0.05, 0) is 105 Å². The first-order chi connectivity index (χ1) is 27.2. The predicted molar refractivity (Wildman–Crippen MR) is 235 cm³/mol. The van der Waals surface area contributed by atoms with Gasteiger partial charge in [-0.3, -0.25) is 0 Å². The minimum atomic E-state index is 0.870. The van der Waals surface area contributed by atoms with Gasteiger partial charge in [0.25, 0.3) is 0 Å². The van der Waals surface area contributed by atoms with Gasteiger partial charge in [0, 0.05) is 42.3 Å². The van der Waals surface area contributed by atoms with Gasteiger partial charge in [0.2, 0.25) is 0 Å². The molecule has 0 atom stereocenters. The lowest BCUT2D eigenvalue weighted by Gasteiger charge is -2.26. The highest BCUT2D eigenvalue weighted by molar-refractivity contribution is 7.25. The number of rotatable bonds is 6. The van der Waals surface area contributed by atoms with Gasteiger partial charge in [-0.2, -0.15) is 0 Å². The van der Waals surface area contributed by atoms with E-state index in [9.17, 15) is 0 Å². The monoisotopic (exact) mass is 719 g/mol. The molecule has 0 bridgehead atoms. The molecule has 0 unspecified atom stereocenters. The third-order valence-electron chi connectivity index (χ3n) is 10.9. The van der Waals surface area contributed by atoms with Crippen molar-refractivity contribution in [2.45, 2.75) is 0 Å². The minimum Gasteiger partial charge on any atom is -0.454 e. The van der Waals surface area contributed by atoms with Gasteiger partial charge in [-0.1, -0.05) is 140 Å². The number of anilines is 3. The fraction of sp³-hybridized carbons (Fsp3) is 0. The van der Waals surface area contributed by atoms with E-state index in [0.29, 0.717) is 0 Å². The third-order valence-corrected chi connectivity index (χ3v) is 12.0. The Morgan fingerprint density at radius 3 is 1.82 bits per heavy atom. The predicted octanol–water partition coefficient (Wildman–Crippen LogP) is 15.6. The van der Waals surface area contributed by atoms with Crippen LogP contribution in [-0.2, 0) is 0 Å². The van der Waals surface area contributed by atoms with Crippen molar-refractivity contribution < 1.29 is 4.42 Å². The van der Waals surface area contributed by atoms with Crippen molar-refractivity contribution >= 4 is 81.3 Å². The van der Waals surface area contributed by atoms with E-state index in [0.717, 1.165) is 39.0 Å². The highest BCUT2D eigenvalue weighted by Crippen LogP contribution is 2.44. The summed E-state index contributed by atoms with van der Waals surface area (Å²) in [6.45, 7) is 0. The lowest BCUT2D eigenvalue weighted by molar-refractivity contribution is 0.669. The summed E-state index contributed by atoms with van der Waals surface area (Å²) in [6.07, 6.45) is 0. The van der Waals surface area contributed by atoms with Gasteiger partial charge < -0.3 is 9.32 Å². The van der Waals surface area contributed by atoms with Crippen LogP contribution in [0.3, 0.4) is 0 Å². The van der Waals surface area contributed by atoms with Crippen LogP contribution in [0.15, 0.2) is 205 Å². The highest BCUT2D eigenvalue weighted by Gasteiger charge is 2.20. The van der Waals surface area contributed by atoms with Crippen LogP contribution in [0.5, 0.6) is 0 Å². The number of para-hydroxylation sites is 2. The number of hydrogen-bond acceptors (Lipinski definition) is 3. The Kier molecular flexibility index (Phi) is 7.39. The molecule has 0 radical (unpaired) electrons. The van der Waals surface area contributed by atoms with E-state index in [1.54, 1.807) is 0 Å². The number of fused-ring (bicyclic) bond motifs is 7. The van der Waals surface area contributed by atoms with E-state index in [4.69, 9.17) is 4.42 Å². The molecule has 0 aliphatic carbocycles. The fourth-order valence-corrected chi connectivity index (χ4v) is 9.32. The first-order valence-corrected chi connectivity index (χ1v) is 19.5. The average Bonchev–Trinajstić information content (AvgIpc) is 3.83. The van der Waals surface area contributed by atoms with Crippen LogP contribution in [-0.4, -0.2) is 0 Å². The standard InChI is InChI=1S/C52H33NOS/c1-2-11-37-33-40(23-22-34(37)10-1)39-13-7-12-38(32-39)35-24-28-41(29-25-35)53(47-18-8-17-45-44-14-3-5-19-48(44)54-52(45)47)42-30-26-36(27-31-42)43-16-9-21-50-51(43)46-15-4-6-20-49(46)55-50/h1-33H. The molecule has 0 spiro atoms. The van der Waals surface area contributed by atoms with Crippen LogP contribution < -0.4 is 4.90 Å². The molecule has 0 fully saturated rings. The Labute approximate surface area is 322 Å². The molecule has 2 aromatic heterocycles. The van der Waals surface area contributed by atoms with Crippen molar-refractivity contribution in [2.75, 3.05) is 4.90 Å². The molecule has 0 saturated carbocycles. The summed E-state index contributed by atoms with van der Waals surface area (Å²) in [4.78, 5) is 2.32. The van der Waals surface area contributed by atoms with Crippen LogP contribution in [0.4, 0.5) is 17.1 Å². The lowest BCUT2D eigenvalue weighted by Crippen LogP contribution is -2.10. The zero-order valence-corrected chi connectivity index (χ0v) is 30.6. The first kappa shape index (κ1) is 31.6. The Balaban J connectivity index is 1.01. The molecule has 0 aliphatic heterocycles. The molecule has 9 aromatic carbocycles. The maximum absolute atomic E-state index is 6.62. The van der Waals surface area contributed by atoms with Crippen LogP contribution in [0.25, 0.3) is 86.3 Å². The molecule has 258 valence electrons. The fourth-order valence-electron chi connectivity index (χ4n) is 8.19. The van der Waals surface area contributed by atoms with Gasteiger partial charge >= 0.3 is 0 Å². The Bertz CT molecular complexity index is 3210. The van der Waals surface area contributed by atoms with Gasteiger partial charge in [0.15, 0.2) is 5.58 Å². The maximum atomic E-state index is 6.62. The van der Waals surface area contributed by atoms with Crippen molar-refractivity contribution in [3.05, 3.63) is 200 Å². The van der Waals surface area contributed by atoms with Crippen LogP contribution >= 0.6 is 11.3 Å². The second-order valence-corrected chi connectivity index (χ2v) is 15.2. The average molecular weight is 720 g/mol. The topological polar surface area (TPSA) is 16.4 Å². The molecule has 0 saturated heterocycles. The summed E-state index contributed by atoms with van der Waals surface area (Å²) >= 11 is 1.86. The Hall–Kier alpha value is -6.94. The minimum absolute atomic E-state index is 0.870. The maximum Gasteiger partial charge on any atom is 0.159 e. The molecule has 11 rings (SSSR count). The van der Waals surface area contributed by atoms with Crippen molar-refractivity contribution in [2.24, 2.45) is 0 Å². The molecule has 0 aliphatic rings. The summed E-state index contributed by atoms with van der Waals surface area (Å²) in [6, 6.07) is 72.1. The van der Waals surface area contributed by atoms with Crippen molar-refractivity contribution in [1.82, 2.24) is 0 Å². The van der Waals surface area contributed by atoms with E-state index in [1.807, 2.05) is 23.5 Å². The molecule has 55 heavy (non-hydrogen) atoms. The zero-order valence-electron chi connectivity index (χ0n) is 29.8. The zero-order chi connectivity index (χ0) is 36.3. The van der Waals surface area contributed by atoms with Crippen LogP contribution in [0.1, 0.15) is 0 Å². The van der Waals surface area contributed by atoms with Crippen molar-refractivity contribution in [3.8, 4) is 33.4 Å². The number of hydrogen-bond donors (Lipinski definition) is 0. The molecule has 2 nitrogen and oxygen atoms in total. The third kappa shape index (κ3) is 5.40. The normalized spacial score (nSPS) is 11.6. The molecule has 11 aromatic rings. The Morgan fingerprint density at radius 1 is 0.382 bits per heavy atom. The quantitative estimate of drug-likeness (QED) is 0.170. The summed E-state index contributed by atoms with van der Waals surface area (Å²) in [5.41, 5.74) is 12.1. The van der Waals surface area contributed by atoms with E-state index in [2.05, 4.69) is 193 Å². The van der Waals surface area contributed by atoms with Gasteiger partial charge in [0.1, 0.15) is 5.58 Å². The van der Waals surface area contributed by atoms with Crippen LogP contribution in [0.2, 0.25) is 0 Å². The highest BCUT2D eigenvalue weighted by atomic mass is 32.1. The summed E-state index contributed by atoms with van der Waals surface area (Å²) in [5, 5.41) is 7.35. The number of nitrogens with zero attached hydrogens (tertiary/aromatic N) is 1. The summed E-state index contributed by atoms with van der Waals surface area (Å²) in [5.74, 6) is 0. The lowest BCUT2D eigenvalue weighted by atomic mass is 9.97. The van der Waals surface area contributed by atoms with Gasteiger partial charge in [-0.15, -0.1) is 11.3 Å². The largest absolute Gasteiger partial charge is 0.454 e. The smallest absolute Gasteiger partial charge is 0.159 e. The second kappa shape index (κ2) is 12.9. The molecular weight excluding hydrogens is 687 g/mol. The molecule has 0 N–H and O–H groups in total.